The Labute approximate surface area is 162 Å². The minimum atomic E-state index is 0.168. The molecule has 7 heteroatoms. The summed E-state index contributed by atoms with van der Waals surface area (Å²) in [5, 5.41) is 11.9. The molecule has 3 rings (SSSR count). The number of nitrogens with one attached hydrogen (secondary N) is 1. The summed E-state index contributed by atoms with van der Waals surface area (Å²) in [6.07, 6.45) is 6.46. The van der Waals surface area contributed by atoms with Gasteiger partial charge in [-0.25, -0.2) is 4.98 Å². The third-order valence-electron chi connectivity index (χ3n) is 5.90. The second-order valence-corrected chi connectivity index (χ2v) is 8.00. The highest BCUT2D eigenvalue weighted by atomic mass is 16.2. The first kappa shape index (κ1) is 20.0. The number of hydrogen-bond acceptors (Lipinski definition) is 6. The Hall–Kier alpha value is -1.76. The van der Waals surface area contributed by atoms with Crippen molar-refractivity contribution in [2.75, 3.05) is 37.6 Å². The number of rotatable bonds is 6. The van der Waals surface area contributed by atoms with E-state index in [-0.39, 0.29) is 5.91 Å². The van der Waals surface area contributed by atoms with Crippen LogP contribution in [-0.2, 0) is 17.6 Å². The first-order chi connectivity index (χ1) is 13.1. The lowest BCUT2D eigenvalue weighted by Crippen LogP contribution is -2.51. The van der Waals surface area contributed by atoms with Gasteiger partial charge in [-0.3, -0.25) is 9.69 Å². The molecular weight excluding hydrogens is 340 g/mol. The highest BCUT2D eigenvalue weighted by Crippen LogP contribution is 2.23. The Morgan fingerprint density at radius 3 is 2.30 bits per heavy atom. The van der Waals surface area contributed by atoms with Crippen LogP contribution in [0.1, 0.15) is 57.8 Å². The van der Waals surface area contributed by atoms with Crippen molar-refractivity contribution in [2.45, 2.75) is 65.3 Å². The third kappa shape index (κ3) is 5.37. The zero-order chi connectivity index (χ0) is 19.2. The molecule has 2 heterocycles. The Morgan fingerprint density at radius 2 is 1.67 bits per heavy atom. The van der Waals surface area contributed by atoms with Crippen molar-refractivity contribution in [1.82, 2.24) is 25.4 Å². The van der Waals surface area contributed by atoms with Crippen LogP contribution in [0.2, 0.25) is 0 Å². The zero-order valence-electron chi connectivity index (χ0n) is 17.1. The molecule has 1 aromatic rings. The van der Waals surface area contributed by atoms with E-state index in [1.807, 2.05) is 0 Å². The summed E-state index contributed by atoms with van der Waals surface area (Å²) in [5.74, 6) is 1.70. The topological polar surface area (TPSA) is 74.2 Å². The van der Waals surface area contributed by atoms with Crippen LogP contribution in [0.5, 0.6) is 0 Å². The van der Waals surface area contributed by atoms with E-state index in [0.717, 1.165) is 75.1 Å². The van der Waals surface area contributed by atoms with E-state index in [0.29, 0.717) is 12.6 Å². The maximum absolute atomic E-state index is 12.4. The summed E-state index contributed by atoms with van der Waals surface area (Å²) in [6, 6.07) is 0.374. The quantitative estimate of drug-likeness (QED) is 0.819. The lowest BCUT2D eigenvalue weighted by molar-refractivity contribution is -0.123. The lowest BCUT2D eigenvalue weighted by atomic mass is 9.87. The molecule has 0 atom stereocenters. The van der Waals surface area contributed by atoms with Gasteiger partial charge in [0.2, 0.25) is 11.9 Å². The van der Waals surface area contributed by atoms with Crippen molar-refractivity contribution in [1.29, 1.82) is 0 Å². The fraction of sp³-hybridized carbons (Fsp3) is 0.800. The molecule has 0 radical (unpaired) electrons. The summed E-state index contributed by atoms with van der Waals surface area (Å²) in [5.41, 5.74) is 2.04. The van der Waals surface area contributed by atoms with Crippen LogP contribution < -0.4 is 10.2 Å². The van der Waals surface area contributed by atoms with Crippen LogP contribution >= 0.6 is 0 Å². The Morgan fingerprint density at radius 1 is 1.00 bits per heavy atom. The van der Waals surface area contributed by atoms with Gasteiger partial charge in [-0.2, -0.15) is 5.10 Å². The first-order valence-electron chi connectivity index (χ1n) is 10.6. The second kappa shape index (κ2) is 9.44. The van der Waals surface area contributed by atoms with Crippen molar-refractivity contribution in [3.63, 3.8) is 0 Å². The van der Waals surface area contributed by atoms with Crippen LogP contribution in [-0.4, -0.2) is 64.8 Å². The maximum atomic E-state index is 12.4. The molecule has 0 bridgehead atoms. The van der Waals surface area contributed by atoms with Gasteiger partial charge in [0.1, 0.15) is 0 Å². The van der Waals surface area contributed by atoms with Crippen LogP contribution in [0.3, 0.4) is 0 Å². The summed E-state index contributed by atoms with van der Waals surface area (Å²) in [4.78, 5) is 21.5. The Bertz CT molecular complexity index is 621. The average Bonchev–Trinajstić information content (AvgIpc) is 2.69. The summed E-state index contributed by atoms with van der Waals surface area (Å²) in [6.45, 7) is 10.4. The normalized spacial score (nSPS) is 24.0. The van der Waals surface area contributed by atoms with E-state index in [9.17, 15) is 4.79 Å². The van der Waals surface area contributed by atoms with E-state index < -0.39 is 0 Å². The average molecular weight is 375 g/mol. The van der Waals surface area contributed by atoms with E-state index in [4.69, 9.17) is 4.98 Å². The summed E-state index contributed by atoms with van der Waals surface area (Å²) >= 11 is 0. The molecule has 1 N–H and O–H groups in total. The monoisotopic (exact) mass is 374 g/mol. The Kier molecular flexibility index (Phi) is 6.99. The maximum Gasteiger partial charge on any atom is 0.245 e. The molecule has 0 spiro atoms. The van der Waals surface area contributed by atoms with Crippen LogP contribution in [0.4, 0.5) is 5.95 Å². The SMILES string of the molecule is CCc1nnc(N2CCN(CC(=O)NC3CCC(C)CC3)CC2)nc1CC. The number of piperazine rings is 1. The van der Waals surface area contributed by atoms with Gasteiger partial charge in [0.05, 0.1) is 17.9 Å². The number of aromatic nitrogens is 3. The molecule has 0 unspecified atom stereocenters. The van der Waals surface area contributed by atoms with Crippen LogP contribution in [0, 0.1) is 5.92 Å². The van der Waals surface area contributed by atoms with Crippen molar-refractivity contribution in [3.8, 4) is 0 Å². The number of carbonyl (C=O) groups is 1. The fourth-order valence-electron chi connectivity index (χ4n) is 4.05. The molecule has 7 nitrogen and oxygen atoms in total. The number of anilines is 1. The van der Waals surface area contributed by atoms with E-state index in [2.05, 4.69) is 46.1 Å². The van der Waals surface area contributed by atoms with Gasteiger partial charge in [0.25, 0.3) is 0 Å². The fourth-order valence-corrected chi connectivity index (χ4v) is 4.05. The van der Waals surface area contributed by atoms with Crippen molar-refractivity contribution in [2.24, 2.45) is 5.92 Å². The second-order valence-electron chi connectivity index (χ2n) is 8.00. The van der Waals surface area contributed by atoms with Gasteiger partial charge < -0.3 is 10.2 Å². The number of aryl methyl sites for hydroxylation is 2. The number of amides is 1. The molecule has 27 heavy (non-hydrogen) atoms. The molecular formula is C20H34N6O. The smallest absolute Gasteiger partial charge is 0.245 e. The minimum absolute atomic E-state index is 0.168. The van der Waals surface area contributed by atoms with E-state index in [1.54, 1.807) is 0 Å². The van der Waals surface area contributed by atoms with Gasteiger partial charge in [-0.15, -0.1) is 5.10 Å². The molecule has 2 fully saturated rings. The molecule has 150 valence electrons. The Balaban J connectivity index is 1.45. The molecule has 1 aromatic heterocycles. The molecule has 0 aromatic carbocycles. The largest absolute Gasteiger partial charge is 0.352 e. The molecule has 1 aliphatic carbocycles. The highest BCUT2D eigenvalue weighted by molar-refractivity contribution is 5.78. The molecule has 1 saturated carbocycles. The predicted molar refractivity (Wildman–Crippen MR) is 107 cm³/mol. The number of carbonyl (C=O) groups excluding carboxylic acids is 1. The lowest BCUT2D eigenvalue weighted by Gasteiger charge is -2.34. The number of hydrogen-bond donors (Lipinski definition) is 1. The van der Waals surface area contributed by atoms with Gasteiger partial charge in [-0.1, -0.05) is 20.8 Å². The van der Waals surface area contributed by atoms with Gasteiger partial charge >= 0.3 is 0 Å². The highest BCUT2D eigenvalue weighted by Gasteiger charge is 2.24. The predicted octanol–water partition coefficient (Wildman–Crippen LogP) is 1.81. The van der Waals surface area contributed by atoms with E-state index in [1.165, 1.54) is 12.8 Å². The van der Waals surface area contributed by atoms with Crippen molar-refractivity contribution < 1.29 is 4.79 Å². The van der Waals surface area contributed by atoms with Gasteiger partial charge in [0, 0.05) is 32.2 Å². The standard InChI is InChI=1S/C20H34N6O/c1-4-17-18(5-2)23-24-20(22-17)26-12-10-25(11-13-26)14-19(27)21-16-8-6-15(3)7-9-16/h15-16H,4-14H2,1-3H3,(H,21,27). The molecule has 1 amide bonds. The van der Waals surface area contributed by atoms with E-state index >= 15 is 0 Å². The summed E-state index contributed by atoms with van der Waals surface area (Å²) < 4.78 is 0. The van der Waals surface area contributed by atoms with Gasteiger partial charge in [-0.05, 0) is 44.4 Å². The summed E-state index contributed by atoms with van der Waals surface area (Å²) in [7, 11) is 0. The molecule has 1 saturated heterocycles. The van der Waals surface area contributed by atoms with Crippen molar-refractivity contribution >= 4 is 11.9 Å². The third-order valence-corrected chi connectivity index (χ3v) is 5.90. The number of nitrogens with zero attached hydrogens (tertiary/aromatic N) is 5. The molecule has 2 aliphatic rings. The van der Waals surface area contributed by atoms with Gasteiger partial charge in [0.15, 0.2) is 0 Å². The minimum Gasteiger partial charge on any atom is -0.352 e. The molecule has 1 aliphatic heterocycles. The van der Waals surface area contributed by atoms with Crippen molar-refractivity contribution in [3.05, 3.63) is 11.4 Å². The first-order valence-corrected chi connectivity index (χ1v) is 10.6. The van der Waals surface area contributed by atoms with Crippen LogP contribution in [0.25, 0.3) is 0 Å². The zero-order valence-corrected chi connectivity index (χ0v) is 17.1. The van der Waals surface area contributed by atoms with Crippen LogP contribution in [0.15, 0.2) is 0 Å².